The number of rotatable bonds is 7. The highest BCUT2D eigenvalue weighted by molar-refractivity contribution is 4.97. The third kappa shape index (κ3) is 4.49. The van der Waals surface area contributed by atoms with E-state index in [1.165, 1.54) is 13.3 Å². The van der Waals surface area contributed by atoms with E-state index >= 15 is 0 Å². The van der Waals surface area contributed by atoms with E-state index < -0.39 is 74.6 Å². The zero-order valence-electron chi connectivity index (χ0n) is 16.1. The van der Waals surface area contributed by atoms with Crippen LogP contribution in [0.4, 0.5) is 0 Å². The smallest absolute Gasteiger partial charge is 0.186 e. The monoisotopic (exact) mass is 437 g/mol. The summed E-state index contributed by atoms with van der Waals surface area (Å²) in [7, 11) is 1.29. The predicted molar refractivity (Wildman–Crippen MR) is 92.4 cm³/mol. The first kappa shape index (κ1) is 23.4. The van der Waals surface area contributed by atoms with Crippen LogP contribution in [0.25, 0.3) is 0 Å². The summed E-state index contributed by atoms with van der Waals surface area (Å²) in [5.41, 5.74) is 0.229. The summed E-state index contributed by atoms with van der Waals surface area (Å²) in [4.78, 5) is 0. The average Bonchev–Trinajstić information content (AvgIpc) is 3.21. The fourth-order valence-corrected chi connectivity index (χ4v) is 3.43. The summed E-state index contributed by atoms with van der Waals surface area (Å²) >= 11 is 0. The number of methoxy groups -OCH3 is 1. The zero-order chi connectivity index (χ0) is 22.0. The van der Waals surface area contributed by atoms with Crippen LogP contribution >= 0.6 is 0 Å². The van der Waals surface area contributed by atoms with Gasteiger partial charge in [-0.1, -0.05) is 5.21 Å². The molecular formula is C16H27N3O11. The molecule has 2 fully saturated rings. The molecule has 7 N–H and O–H groups in total. The van der Waals surface area contributed by atoms with Crippen LogP contribution in [-0.4, -0.2) is 126 Å². The minimum absolute atomic E-state index is 0.217. The Hall–Kier alpha value is -1.30. The second kappa shape index (κ2) is 9.88. The van der Waals surface area contributed by atoms with Crippen LogP contribution in [-0.2, 0) is 25.6 Å². The summed E-state index contributed by atoms with van der Waals surface area (Å²) in [5, 5.41) is 76.6. The zero-order valence-corrected chi connectivity index (χ0v) is 16.1. The Morgan fingerprint density at radius 3 is 2.23 bits per heavy atom. The second-order valence-electron chi connectivity index (χ2n) is 7.13. The molecule has 10 atom stereocenters. The molecule has 1 aromatic heterocycles. The Morgan fingerprint density at radius 1 is 0.933 bits per heavy atom. The maximum atomic E-state index is 10.3. The lowest BCUT2D eigenvalue weighted by molar-refractivity contribution is -0.303. The Bertz CT molecular complexity index is 661. The van der Waals surface area contributed by atoms with Crippen molar-refractivity contribution in [3.05, 3.63) is 11.9 Å². The molecule has 0 bridgehead atoms. The molecule has 0 aromatic carbocycles. The summed E-state index contributed by atoms with van der Waals surface area (Å²) in [6.07, 6.45) is -11.6. The molecule has 14 heteroatoms. The van der Waals surface area contributed by atoms with Crippen LogP contribution in [0.1, 0.15) is 11.9 Å². The van der Waals surface area contributed by atoms with Gasteiger partial charge in [0.25, 0.3) is 0 Å². The maximum Gasteiger partial charge on any atom is 0.186 e. The molecule has 30 heavy (non-hydrogen) atoms. The molecule has 3 heterocycles. The van der Waals surface area contributed by atoms with Crippen LogP contribution in [0.5, 0.6) is 0 Å². The number of ether oxygens (including phenoxy) is 4. The first-order valence-corrected chi connectivity index (χ1v) is 9.30. The molecule has 0 aliphatic carbocycles. The van der Waals surface area contributed by atoms with Crippen molar-refractivity contribution in [3.8, 4) is 0 Å². The Labute approximate surface area is 170 Å². The van der Waals surface area contributed by atoms with Crippen molar-refractivity contribution in [2.24, 2.45) is 0 Å². The van der Waals surface area contributed by atoms with Gasteiger partial charge in [0, 0.05) is 7.11 Å². The number of aromatic nitrogens is 3. The van der Waals surface area contributed by atoms with Gasteiger partial charge in [0.15, 0.2) is 12.5 Å². The van der Waals surface area contributed by atoms with E-state index in [1.807, 2.05) is 0 Å². The van der Waals surface area contributed by atoms with Gasteiger partial charge in [-0.3, -0.25) is 0 Å². The van der Waals surface area contributed by atoms with Gasteiger partial charge < -0.3 is 54.7 Å². The van der Waals surface area contributed by atoms with Crippen molar-refractivity contribution in [2.45, 2.75) is 68.0 Å². The lowest BCUT2D eigenvalue weighted by atomic mass is 9.98. The average molecular weight is 437 g/mol. The maximum absolute atomic E-state index is 10.3. The fraction of sp³-hybridized carbons (Fsp3) is 0.875. The van der Waals surface area contributed by atoms with Crippen molar-refractivity contribution in [1.82, 2.24) is 15.0 Å². The summed E-state index contributed by atoms with van der Waals surface area (Å²) in [6.45, 7) is -1.32. The summed E-state index contributed by atoms with van der Waals surface area (Å²) in [6, 6.07) is 0. The highest BCUT2D eigenvalue weighted by Crippen LogP contribution is 2.28. The van der Waals surface area contributed by atoms with E-state index in [1.54, 1.807) is 0 Å². The highest BCUT2D eigenvalue weighted by Gasteiger charge is 2.46. The van der Waals surface area contributed by atoms with Crippen LogP contribution in [0.2, 0.25) is 0 Å². The van der Waals surface area contributed by atoms with Crippen molar-refractivity contribution in [3.63, 3.8) is 0 Å². The van der Waals surface area contributed by atoms with Gasteiger partial charge in [0.1, 0.15) is 54.5 Å². The van der Waals surface area contributed by atoms with E-state index in [0.717, 1.165) is 4.68 Å². The molecule has 0 saturated carbocycles. The standard InChI is InChI=1S/C16H27N3O11/c1-27-16-13(26)14(10(23)8(4-21)30-16)28-5-6-2-19(18-17-6)15-12(25)11(24)9(22)7(3-20)29-15/h2,7-16,20-26H,3-5H2,1H3/t7-,8-,9+,10+,11+,12-,13-,14+,15-,16-/m1/s1. The molecule has 2 aliphatic heterocycles. The third-order valence-corrected chi connectivity index (χ3v) is 5.16. The van der Waals surface area contributed by atoms with E-state index in [-0.39, 0.29) is 12.3 Å². The van der Waals surface area contributed by atoms with Crippen molar-refractivity contribution < 1.29 is 54.7 Å². The van der Waals surface area contributed by atoms with Crippen molar-refractivity contribution >= 4 is 0 Å². The third-order valence-electron chi connectivity index (χ3n) is 5.16. The van der Waals surface area contributed by atoms with Gasteiger partial charge in [-0.15, -0.1) is 5.10 Å². The van der Waals surface area contributed by atoms with Crippen LogP contribution in [0, 0.1) is 0 Å². The number of hydrogen-bond donors (Lipinski definition) is 7. The topological polar surface area (TPSA) is 209 Å². The minimum Gasteiger partial charge on any atom is -0.394 e. The van der Waals surface area contributed by atoms with Gasteiger partial charge in [-0.25, -0.2) is 4.68 Å². The molecule has 0 amide bonds. The Morgan fingerprint density at radius 2 is 1.60 bits per heavy atom. The highest BCUT2D eigenvalue weighted by atomic mass is 16.7. The number of aliphatic hydroxyl groups is 7. The Balaban J connectivity index is 1.66. The number of aliphatic hydroxyl groups excluding tert-OH is 7. The molecule has 1 aromatic rings. The lowest BCUT2D eigenvalue weighted by Crippen LogP contribution is -2.59. The first-order chi connectivity index (χ1) is 14.3. The molecule has 3 rings (SSSR count). The van der Waals surface area contributed by atoms with Gasteiger partial charge in [-0.05, 0) is 0 Å². The quantitative estimate of drug-likeness (QED) is 0.214. The first-order valence-electron chi connectivity index (χ1n) is 9.30. The van der Waals surface area contributed by atoms with E-state index in [9.17, 15) is 35.7 Å². The second-order valence-corrected chi connectivity index (χ2v) is 7.13. The minimum atomic E-state index is -1.57. The molecular weight excluding hydrogens is 410 g/mol. The predicted octanol–water partition coefficient (Wildman–Crippen LogP) is -4.78. The molecule has 2 saturated heterocycles. The van der Waals surface area contributed by atoms with Crippen LogP contribution in [0.3, 0.4) is 0 Å². The Kier molecular flexibility index (Phi) is 7.70. The molecule has 0 spiro atoms. The summed E-state index contributed by atoms with van der Waals surface area (Å²) < 4.78 is 22.2. The summed E-state index contributed by atoms with van der Waals surface area (Å²) in [5.74, 6) is 0. The van der Waals surface area contributed by atoms with E-state index in [4.69, 9.17) is 18.9 Å². The molecule has 0 radical (unpaired) electrons. The molecule has 2 aliphatic rings. The normalized spacial score (nSPS) is 42.4. The van der Waals surface area contributed by atoms with Gasteiger partial charge in [-0.2, -0.15) is 0 Å². The van der Waals surface area contributed by atoms with Gasteiger partial charge >= 0.3 is 0 Å². The van der Waals surface area contributed by atoms with Crippen LogP contribution in [0.15, 0.2) is 6.20 Å². The van der Waals surface area contributed by atoms with Crippen LogP contribution < -0.4 is 0 Å². The molecule has 172 valence electrons. The number of hydrogen-bond acceptors (Lipinski definition) is 13. The number of nitrogens with zero attached hydrogens (tertiary/aromatic N) is 3. The van der Waals surface area contributed by atoms with Crippen molar-refractivity contribution in [1.29, 1.82) is 0 Å². The van der Waals surface area contributed by atoms with E-state index in [2.05, 4.69) is 10.3 Å². The van der Waals surface area contributed by atoms with Gasteiger partial charge in [0.2, 0.25) is 0 Å². The molecule has 0 unspecified atom stereocenters. The largest absolute Gasteiger partial charge is 0.394 e. The van der Waals surface area contributed by atoms with Gasteiger partial charge in [0.05, 0.1) is 26.0 Å². The lowest BCUT2D eigenvalue weighted by Gasteiger charge is -2.41. The molecule has 14 nitrogen and oxygen atoms in total. The SMILES string of the molecule is CO[C@@H]1O[C@H](CO)[C@H](O)[C@H](OCc2cn([C@@H]3O[C@H](CO)[C@H](O)[C@H](O)[C@H]3O)nn2)[C@H]1O. The van der Waals surface area contributed by atoms with E-state index in [0.29, 0.717) is 0 Å². The fourth-order valence-electron chi connectivity index (χ4n) is 3.43. The van der Waals surface area contributed by atoms with Crippen molar-refractivity contribution in [2.75, 3.05) is 20.3 Å².